The van der Waals surface area contributed by atoms with Gasteiger partial charge in [0.25, 0.3) is 8.32 Å². The minimum atomic E-state index is -2.55. The number of ketones is 1. The van der Waals surface area contributed by atoms with Crippen molar-refractivity contribution < 1.29 is 14.3 Å². The molecule has 2 aromatic rings. The Labute approximate surface area is 197 Å². The molecule has 31 heavy (non-hydrogen) atoms. The van der Waals surface area contributed by atoms with Crippen molar-refractivity contribution >= 4 is 40.4 Å². The van der Waals surface area contributed by atoms with Crippen molar-refractivity contribution in [2.24, 2.45) is 5.92 Å². The first kappa shape index (κ1) is 26.0. The van der Waals surface area contributed by atoms with Gasteiger partial charge in [-0.1, -0.05) is 104 Å². The SMILES string of the molecule is CC(C)(C)[Si](OCCC(CBr)C(=O)CCCCCO)(c1ccccc1)c1ccccc1. The van der Waals surface area contributed by atoms with E-state index in [1.54, 1.807) is 0 Å². The lowest BCUT2D eigenvalue weighted by Crippen LogP contribution is -2.66. The van der Waals surface area contributed by atoms with Gasteiger partial charge in [0.15, 0.2) is 0 Å². The van der Waals surface area contributed by atoms with Gasteiger partial charge in [0.2, 0.25) is 0 Å². The topological polar surface area (TPSA) is 46.5 Å². The van der Waals surface area contributed by atoms with Crippen molar-refractivity contribution in [3.05, 3.63) is 60.7 Å². The molecule has 0 aliphatic rings. The van der Waals surface area contributed by atoms with Crippen LogP contribution in [0, 0.1) is 5.92 Å². The van der Waals surface area contributed by atoms with Gasteiger partial charge in [-0.25, -0.2) is 0 Å². The first-order chi connectivity index (χ1) is 14.9. The van der Waals surface area contributed by atoms with Crippen LogP contribution in [0.3, 0.4) is 0 Å². The van der Waals surface area contributed by atoms with E-state index in [1.165, 1.54) is 10.4 Å². The second-order valence-corrected chi connectivity index (χ2v) is 14.1. The zero-order valence-corrected chi connectivity index (χ0v) is 21.7. The second-order valence-electron chi connectivity index (χ2n) is 9.15. The summed E-state index contributed by atoms with van der Waals surface area (Å²) in [4.78, 5) is 12.7. The van der Waals surface area contributed by atoms with Crippen LogP contribution in [0.15, 0.2) is 60.7 Å². The third-order valence-corrected chi connectivity index (χ3v) is 11.7. The molecule has 0 aliphatic heterocycles. The Morgan fingerprint density at radius 2 is 1.52 bits per heavy atom. The number of halogens is 1. The maximum Gasteiger partial charge on any atom is 0.261 e. The number of hydrogen-bond acceptors (Lipinski definition) is 3. The lowest BCUT2D eigenvalue weighted by atomic mass is 9.98. The van der Waals surface area contributed by atoms with Crippen molar-refractivity contribution in [3.63, 3.8) is 0 Å². The Balaban J connectivity index is 2.22. The van der Waals surface area contributed by atoms with Crippen LogP contribution in [0.2, 0.25) is 5.04 Å². The Kier molecular flexibility index (Phi) is 10.6. The molecule has 1 N–H and O–H groups in total. The summed E-state index contributed by atoms with van der Waals surface area (Å²) in [7, 11) is -2.55. The second kappa shape index (κ2) is 12.7. The highest BCUT2D eigenvalue weighted by Gasteiger charge is 2.50. The molecular formula is C26H37BrO3Si. The quantitative estimate of drug-likeness (QED) is 0.235. The molecule has 2 aromatic carbocycles. The number of hydrogen-bond donors (Lipinski definition) is 1. The Morgan fingerprint density at radius 3 is 1.97 bits per heavy atom. The summed E-state index contributed by atoms with van der Waals surface area (Å²) in [6.45, 7) is 7.57. The number of aliphatic hydroxyl groups is 1. The molecule has 2 rings (SSSR count). The molecular weight excluding hydrogens is 468 g/mol. The molecule has 0 amide bonds. The van der Waals surface area contributed by atoms with Crippen LogP contribution in [0.4, 0.5) is 0 Å². The van der Waals surface area contributed by atoms with Gasteiger partial charge in [0.05, 0.1) is 0 Å². The fourth-order valence-corrected chi connectivity index (χ4v) is 9.50. The lowest BCUT2D eigenvalue weighted by molar-refractivity contribution is -0.122. The van der Waals surface area contributed by atoms with Crippen molar-refractivity contribution in [1.82, 2.24) is 0 Å². The molecule has 0 spiro atoms. The number of unbranched alkanes of at least 4 members (excludes halogenated alkanes) is 2. The predicted molar refractivity (Wildman–Crippen MR) is 136 cm³/mol. The first-order valence-electron chi connectivity index (χ1n) is 11.3. The van der Waals surface area contributed by atoms with E-state index in [0.717, 1.165) is 19.3 Å². The zero-order valence-electron chi connectivity index (χ0n) is 19.1. The molecule has 0 heterocycles. The largest absolute Gasteiger partial charge is 0.407 e. The fourth-order valence-electron chi connectivity index (χ4n) is 4.23. The molecule has 170 valence electrons. The Bertz CT molecular complexity index is 735. The van der Waals surface area contributed by atoms with Gasteiger partial charge >= 0.3 is 0 Å². The molecule has 5 heteroatoms. The Morgan fingerprint density at radius 1 is 0.968 bits per heavy atom. The number of Topliss-reactive ketones (excluding diaryl/α,β-unsaturated/α-hetero) is 1. The number of carbonyl (C=O) groups is 1. The smallest absolute Gasteiger partial charge is 0.261 e. The summed E-state index contributed by atoms with van der Waals surface area (Å²) >= 11 is 3.54. The molecule has 3 nitrogen and oxygen atoms in total. The van der Waals surface area contributed by atoms with Crippen LogP contribution < -0.4 is 10.4 Å². The van der Waals surface area contributed by atoms with E-state index in [1.807, 2.05) is 12.1 Å². The standard InChI is InChI=1S/C26H37BrO3Si/c1-26(2,3)31(23-13-7-4-8-14-23,24-15-9-5-10-16-24)30-20-18-22(21-27)25(29)17-11-6-12-19-28/h4-5,7-10,13-16,22,28H,6,11-12,17-21H2,1-3H3. The number of aliphatic hydroxyl groups excluding tert-OH is 1. The molecule has 0 fully saturated rings. The van der Waals surface area contributed by atoms with Gasteiger partial charge in [0, 0.05) is 30.9 Å². The summed E-state index contributed by atoms with van der Waals surface area (Å²) in [5.74, 6) is 0.258. The summed E-state index contributed by atoms with van der Waals surface area (Å²) < 4.78 is 6.92. The van der Waals surface area contributed by atoms with Crippen molar-refractivity contribution in [1.29, 1.82) is 0 Å². The third kappa shape index (κ3) is 6.85. The van der Waals surface area contributed by atoms with E-state index in [9.17, 15) is 4.79 Å². The van der Waals surface area contributed by atoms with Gasteiger partial charge in [-0.3, -0.25) is 4.79 Å². The number of rotatable bonds is 13. The van der Waals surface area contributed by atoms with Crippen LogP contribution in [0.1, 0.15) is 52.9 Å². The highest BCUT2D eigenvalue weighted by molar-refractivity contribution is 9.09. The van der Waals surface area contributed by atoms with Gasteiger partial charge in [-0.05, 0) is 34.7 Å². The van der Waals surface area contributed by atoms with E-state index < -0.39 is 8.32 Å². The van der Waals surface area contributed by atoms with Crippen molar-refractivity contribution in [2.45, 2.75) is 57.9 Å². The first-order valence-corrected chi connectivity index (χ1v) is 14.3. The predicted octanol–water partition coefficient (Wildman–Crippen LogP) is 5.09. The van der Waals surface area contributed by atoms with E-state index in [2.05, 4.69) is 85.2 Å². The molecule has 1 atom stereocenters. The fraction of sp³-hybridized carbons (Fsp3) is 0.500. The molecule has 0 radical (unpaired) electrons. The van der Waals surface area contributed by atoms with Gasteiger partial charge in [-0.15, -0.1) is 0 Å². The van der Waals surface area contributed by atoms with Gasteiger partial charge in [0.1, 0.15) is 5.78 Å². The monoisotopic (exact) mass is 504 g/mol. The van der Waals surface area contributed by atoms with Gasteiger partial charge < -0.3 is 9.53 Å². The van der Waals surface area contributed by atoms with E-state index in [4.69, 9.17) is 9.53 Å². The molecule has 0 aliphatic carbocycles. The summed E-state index contributed by atoms with van der Waals surface area (Å²) in [6, 6.07) is 21.2. The molecule has 1 unspecified atom stereocenters. The van der Waals surface area contributed by atoms with Crippen molar-refractivity contribution in [2.75, 3.05) is 18.5 Å². The highest BCUT2D eigenvalue weighted by atomic mass is 79.9. The molecule has 0 saturated heterocycles. The minimum absolute atomic E-state index is 0.0349. The lowest BCUT2D eigenvalue weighted by Gasteiger charge is -2.43. The van der Waals surface area contributed by atoms with Gasteiger partial charge in [-0.2, -0.15) is 0 Å². The van der Waals surface area contributed by atoms with Crippen LogP contribution >= 0.6 is 15.9 Å². The molecule has 0 aromatic heterocycles. The normalized spacial score (nSPS) is 13.2. The maximum atomic E-state index is 12.7. The highest BCUT2D eigenvalue weighted by Crippen LogP contribution is 2.37. The summed E-state index contributed by atoms with van der Waals surface area (Å²) in [5.41, 5.74) is 0. The number of benzene rings is 2. The third-order valence-electron chi connectivity index (χ3n) is 5.92. The molecule has 0 saturated carbocycles. The molecule has 0 bridgehead atoms. The Hall–Kier alpha value is -1.27. The summed E-state index contributed by atoms with van der Waals surface area (Å²) in [5, 5.41) is 12.1. The van der Waals surface area contributed by atoms with E-state index >= 15 is 0 Å². The van der Waals surface area contributed by atoms with Crippen LogP contribution in [0.25, 0.3) is 0 Å². The minimum Gasteiger partial charge on any atom is -0.407 e. The zero-order chi connectivity index (χ0) is 22.7. The average molecular weight is 506 g/mol. The van der Waals surface area contributed by atoms with Crippen molar-refractivity contribution in [3.8, 4) is 0 Å². The van der Waals surface area contributed by atoms with Crippen LogP contribution in [-0.2, 0) is 9.22 Å². The average Bonchev–Trinajstić information content (AvgIpc) is 2.77. The number of carbonyl (C=O) groups excluding carboxylic acids is 1. The maximum absolute atomic E-state index is 12.7. The van der Waals surface area contributed by atoms with E-state index in [0.29, 0.717) is 30.6 Å². The van der Waals surface area contributed by atoms with E-state index in [-0.39, 0.29) is 17.6 Å². The summed E-state index contributed by atoms with van der Waals surface area (Å²) in [6.07, 6.45) is 3.81. The number of alkyl halides is 1. The van der Waals surface area contributed by atoms with Crippen LogP contribution in [-0.4, -0.2) is 37.8 Å². The van der Waals surface area contributed by atoms with Crippen LogP contribution in [0.5, 0.6) is 0 Å².